The number of hydrogen-bond donors (Lipinski definition) is 3. The summed E-state index contributed by atoms with van der Waals surface area (Å²) in [6.45, 7) is 6.48. The number of carbonyl (C=O) groups is 4. The molecule has 2 atom stereocenters. The maximum atomic E-state index is 14.8. The number of alkyl halides is 3. The second-order valence-electron chi connectivity index (χ2n) is 21.4. The zero-order valence-electron chi connectivity index (χ0n) is 42.9. The van der Waals surface area contributed by atoms with Crippen LogP contribution in [0.4, 0.5) is 24.5 Å². The number of amidine groups is 1. The van der Waals surface area contributed by atoms with E-state index in [9.17, 15) is 37.1 Å². The number of nitrogens with one attached hydrogen (secondary N) is 3. The highest BCUT2D eigenvalue weighted by molar-refractivity contribution is 6.05. The fourth-order valence-corrected chi connectivity index (χ4v) is 11.9. The van der Waals surface area contributed by atoms with Gasteiger partial charge in [-0.15, -0.1) is 0 Å². The maximum Gasteiger partial charge on any atom is 0.418 e. The third-order valence-electron chi connectivity index (χ3n) is 16.4. The van der Waals surface area contributed by atoms with Gasteiger partial charge in [0.15, 0.2) is 0 Å². The standard InChI is InChI=1S/C56H62F3N11O7/c1-63(35-60)49(61)27-55(33-76-34-55)39-4-2-5-42(26-39)68-32-48-46(56(57,58)59)24-36(29-70(48)54(68)75)28-64-17-3-6-44(31-64)77-43-15-18-67(19-16-43)52(73)37-7-9-40(10-8-37)65-20-22-66(23-21-65)41-11-12-45-38(25-41)30-69(53(45)74)47-13-14-50(71)62-51(47)72/h2,4-5,7-12,24-26,29,32,35,43-44,47,60-61H,3,6,13-23,27-28,30-31,33-34H2,1H3,(H,62,71,72)/t44-,47?/m1/s1. The van der Waals surface area contributed by atoms with Gasteiger partial charge in [-0.2, -0.15) is 13.2 Å². The third-order valence-corrected chi connectivity index (χ3v) is 16.4. The van der Waals surface area contributed by atoms with E-state index in [2.05, 4.69) is 20.0 Å². The Kier molecular flexibility index (Phi) is 14.0. The van der Waals surface area contributed by atoms with Crippen LogP contribution in [-0.2, 0) is 43.7 Å². The number of pyridine rings is 1. The minimum Gasteiger partial charge on any atom is -0.379 e. The number of benzene rings is 3. The normalized spacial score (nSPS) is 21.3. The molecule has 2 aromatic heterocycles. The van der Waals surface area contributed by atoms with Crippen molar-refractivity contribution in [1.29, 1.82) is 10.8 Å². The summed E-state index contributed by atoms with van der Waals surface area (Å²) in [6, 6.07) is 21.1. The van der Waals surface area contributed by atoms with E-state index in [1.54, 1.807) is 30.1 Å². The lowest BCUT2D eigenvalue weighted by molar-refractivity contribution is -0.137. The largest absolute Gasteiger partial charge is 0.418 e. The summed E-state index contributed by atoms with van der Waals surface area (Å²) in [4.78, 5) is 76.6. The number of imidazole rings is 1. The molecule has 5 fully saturated rings. The van der Waals surface area contributed by atoms with Gasteiger partial charge in [-0.25, -0.2) is 4.79 Å². The van der Waals surface area contributed by atoms with E-state index in [1.165, 1.54) is 21.9 Å². The van der Waals surface area contributed by atoms with Gasteiger partial charge in [0, 0.05) is 119 Å². The Hall–Kier alpha value is -7.36. The van der Waals surface area contributed by atoms with Crippen LogP contribution in [0.3, 0.4) is 0 Å². The number of amides is 4. The Morgan fingerprint density at radius 1 is 0.857 bits per heavy atom. The summed E-state index contributed by atoms with van der Waals surface area (Å²) in [5.41, 5.74) is 3.30. The van der Waals surface area contributed by atoms with E-state index in [-0.39, 0.29) is 60.7 Å². The average Bonchev–Trinajstić information content (AvgIpc) is 4.03. The fraction of sp³-hybridized carbons (Fsp3) is 0.446. The molecule has 5 aromatic rings. The monoisotopic (exact) mass is 1060 g/mol. The molecule has 6 aliphatic heterocycles. The number of fused-ring (bicyclic) bond motifs is 2. The van der Waals surface area contributed by atoms with Crippen molar-refractivity contribution in [1.82, 2.24) is 33.9 Å². The number of nitrogens with zero attached hydrogens (tertiary/aromatic N) is 8. The smallest absolute Gasteiger partial charge is 0.379 e. The molecule has 0 saturated carbocycles. The van der Waals surface area contributed by atoms with Gasteiger partial charge in [0.2, 0.25) is 11.8 Å². The van der Waals surface area contributed by atoms with Gasteiger partial charge < -0.3 is 34.0 Å². The molecule has 0 spiro atoms. The van der Waals surface area contributed by atoms with Gasteiger partial charge in [-0.05, 0) is 116 Å². The lowest BCUT2D eigenvalue weighted by Crippen LogP contribution is -2.52. The van der Waals surface area contributed by atoms with E-state index < -0.39 is 34.8 Å². The predicted molar refractivity (Wildman–Crippen MR) is 281 cm³/mol. The number of piperidine rings is 3. The Bertz CT molecular complexity index is 3190. The number of imide groups is 1. The molecule has 404 valence electrons. The van der Waals surface area contributed by atoms with Crippen LogP contribution in [0, 0.1) is 10.8 Å². The van der Waals surface area contributed by atoms with Crippen LogP contribution >= 0.6 is 0 Å². The summed E-state index contributed by atoms with van der Waals surface area (Å²) in [6.07, 6.45) is 2.61. The highest BCUT2D eigenvalue weighted by atomic mass is 19.4. The Morgan fingerprint density at radius 2 is 1.58 bits per heavy atom. The first kappa shape index (κ1) is 51.7. The molecule has 77 heavy (non-hydrogen) atoms. The van der Waals surface area contributed by atoms with Crippen LogP contribution in [-0.4, -0.2) is 155 Å². The number of ether oxygens (including phenoxy) is 2. The zero-order chi connectivity index (χ0) is 53.8. The average molecular weight is 1060 g/mol. The first-order valence-electron chi connectivity index (χ1n) is 26.4. The Balaban J connectivity index is 0.666. The molecule has 6 aliphatic rings. The first-order chi connectivity index (χ1) is 37.0. The fourth-order valence-electron chi connectivity index (χ4n) is 11.9. The van der Waals surface area contributed by atoms with E-state index in [4.69, 9.17) is 20.3 Å². The highest BCUT2D eigenvalue weighted by Crippen LogP contribution is 2.39. The van der Waals surface area contributed by atoms with Gasteiger partial charge >= 0.3 is 11.9 Å². The summed E-state index contributed by atoms with van der Waals surface area (Å²) in [7, 11) is 1.62. The lowest BCUT2D eigenvalue weighted by Gasteiger charge is -2.42. The van der Waals surface area contributed by atoms with Crippen molar-refractivity contribution in [3.63, 3.8) is 0 Å². The van der Waals surface area contributed by atoms with Crippen molar-refractivity contribution in [2.45, 2.75) is 87.9 Å². The van der Waals surface area contributed by atoms with Crippen molar-refractivity contribution >= 4 is 52.7 Å². The molecule has 4 amide bonds. The summed E-state index contributed by atoms with van der Waals surface area (Å²) in [5.74, 6) is -0.745. The second-order valence-corrected chi connectivity index (χ2v) is 21.4. The van der Waals surface area contributed by atoms with Gasteiger partial charge in [-0.3, -0.25) is 49.2 Å². The molecule has 18 nitrogen and oxygen atoms in total. The SMILES string of the molecule is CN(C=N)C(=N)CC1(c2cccc(-n3cc4c(C(F)(F)F)cc(CN5CCC[C@@H](OC6CCN(C(=O)c7ccc(N8CCN(c9ccc%10c(c9)CN(C9CCC(=O)NC9=O)C%10=O)CC8)cc7)CC6)C5)cn4c3=O)c2)COC1. The van der Waals surface area contributed by atoms with Gasteiger partial charge in [0.25, 0.3) is 11.8 Å². The van der Waals surface area contributed by atoms with Crippen LogP contribution in [0.1, 0.15) is 87.9 Å². The van der Waals surface area contributed by atoms with Crippen molar-refractivity contribution in [2.75, 3.05) is 82.4 Å². The number of anilines is 2. The molecule has 3 N–H and O–H groups in total. The predicted octanol–water partition coefficient (Wildman–Crippen LogP) is 5.66. The van der Waals surface area contributed by atoms with Gasteiger partial charge in [0.1, 0.15) is 11.9 Å². The van der Waals surface area contributed by atoms with Crippen LogP contribution in [0.5, 0.6) is 0 Å². The summed E-state index contributed by atoms with van der Waals surface area (Å²) < 4.78 is 58.8. The molecule has 1 unspecified atom stereocenters. The number of aromatic nitrogens is 2. The Labute approximate surface area is 442 Å². The molecule has 8 heterocycles. The minimum absolute atomic E-state index is 0.0354. The number of piperazine rings is 1. The maximum absolute atomic E-state index is 14.8. The molecule has 0 radical (unpaired) electrons. The number of halogens is 3. The molecular formula is C56H62F3N11O7. The number of likely N-dealkylation sites (tertiary alicyclic amines) is 2. The molecule has 21 heteroatoms. The molecule has 3 aromatic carbocycles. The first-order valence-corrected chi connectivity index (χ1v) is 26.4. The Morgan fingerprint density at radius 3 is 2.27 bits per heavy atom. The van der Waals surface area contributed by atoms with Crippen molar-refractivity contribution in [3.05, 3.63) is 129 Å². The number of carbonyl (C=O) groups excluding carboxylic acids is 4. The summed E-state index contributed by atoms with van der Waals surface area (Å²) in [5, 5.41) is 18.4. The number of hydrogen-bond acceptors (Lipinski definition) is 12. The van der Waals surface area contributed by atoms with Crippen molar-refractivity contribution < 1.29 is 41.8 Å². The third kappa shape index (κ3) is 10.3. The van der Waals surface area contributed by atoms with Crippen LogP contribution in [0.25, 0.3) is 11.2 Å². The van der Waals surface area contributed by atoms with Crippen molar-refractivity contribution in [3.8, 4) is 5.69 Å². The van der Waals surface area contributed by atoms with E-state index in [1.807, 2.05) is 53.4 Å². The second kappa shape index (κ2) is 20.9. The van der Waals surface area contributed by atoms with Gasteiger partial charge in [0.05, 0.1) is 48.5 Å². The topological polar surface area (TPSA) is 192 Å². The molecule has 11 rings (SSSR count). The number of rotatable bonds is 13. The van der Waals surface area contributed by atoms with Gasteiger partial charge in [-0.1, -0.05) is 12.1 Å². The summed E-state index contributed by atoms with van der Waals surface area (Å²) >= 11 is 0. The lowest BCUT2D eigenvalue weighted by atomic mass is 9.75. The molecule has 5 saturated heterocycles. The molecule has 0 aliphatic carbocycles. The molecule has 0 bridgehead atoms. The van der Waals surface area contributed by atoms with Crippen LogP contribution in [0.15, 0.2) is 90.0 Å². The minimum atomic E-state index is -4.73. The van der Waals surface area contributed by atoms with Crippen LogP contribution < -0.4 is 20.8 Å². The molecular weight excluding hydrogens is 996 g/mol. The zero-order valence-corrected chi connectivity index (χ0v) is 42.9. The van der Waals surface area contributed by atoms with Crippen LogP contribution in [0.2, 0.25) is 0 Å². The van der Waals surface area contributed by atoms with E-state index >= 15 is 0 Å². The van der Waals surface area contributed by atoms with E-state index in [0.717, 1.165) is 78.3 Å². The quantitative estimate of drug-likeness (QED) is 0.0750. The van der Waals surface area contributed by atoms with E-state index in [0.29, 0.717) is 87.6 Å². The van der Waals surface area contributed by atoms with Crippen molar-refractivity contribution in [2.24, 2.45) is 0 Å². The highest BCUT2D eigenvalue weighted by Gasteiger charge is 2.43.